The van der Waals surface area contributed by atoms with E-state index in [-0.39, 0.29) is 6.04 Å². The molecule has 2 N–H and O–H groups in total. The van der Waals surface area contributed by atoms with Crippen LogP contribution < -0.4 is 10.6 Å². The molecule has 19 heavy (non-hydrogen) atoms. The number of hydrogen-bond donors (Lipinski definition) is 1. The quantitative estimate of drug-likeness (QED) is 0.905. The van der Waals surface area contributed by atoms with Crippen LogP contribution in [0.3, 0.4) is 0 Å². The third kappa shape index (κ3) is 3.58. The molecule has 0 bridgehead atoms. The van der Waals surface area contributed by atoms with Gasteiger partial charge in [0.05, 0.1) is 0 Å². The maximum atomic E-state index is 6.33. The van der Waals surface area contributed by atoms with Crippen LogP contribution >= 0.6 is 0 Å². The summed E-state index contributed by atoms with van der Waals surface area (Å²) in [7, 11) is 2.08. The Morgan fingerprint density at radius 1 is 1.00 bits per heavy atom. The van der Waals surface area contributed by atoms with Crippen LogP contribution in [0.4, 0.5) is 5.69 Å². The first kappa shape index (κ1) is 13.6. The smallest absolute Gasteiger partial charge is 0.0473 e. The molecule has 0 aliphatic heterocycles. The van der Waals surface area contributed by atoms with Gasteiger partial charge in [-0.2, -0.15) is 0 Å². The Morgan fingerprint density at radius 3 is 2.16 bits per heavy atom. The van der Waals surface area contributed by atoms with Crippen molar-refractivity contribution in [3.8, 4) is 0 Å². The molecule has 0 saturated heterocycles. The normalized spacial score (nSPS) is 12.2. The molecular formula is C17H22N2. The summed E-state index contributed by atoms with van der Waals surface area (Å²) < 4.78 is 0. The lowest BCUT2D eigenvalue weighted by atomic mass is 10.0. The summed E-state index contributed by atoms with van der Waals surface area (Å²) in [6, 6.07) is 16.9. The minimum atomic E-state index is 0.0313. The number of rotatable bonds is 4. The van der Waals surface area contributed by atoms with Crippen LogP contribution in [0.5, 0.6) is 0 Å². The molecule has 0 aliphatic rings. The summed E-state index contributed by atoms with van der Waals surface area (Å²) in [6.07, 6.45) is 0. The monoisotopic (exact) mass is 254 g/mol. The molecule has 2 rings (SSSR count). The zero-order valence-corrected chi connectivity index (χ0v) is 11.9. The first-order valence-corrected chi connectivity index (χ1v) is 6.66. The molecule has 100 valence electrons. The van der Waals surface area contributed by atoms with Gasteiger partial charge in [-0.3, -0.25) is 0 Å². The zero-order valence-electron chi connectivity index (χ0n) is 11.9. The van der Waals surface area contributed by atoms with E-state index in [1.807, 2.05) is 18.2 Å². The lowest BCUT2D eigenvalue weighted by Crippen LogP contribution is -2.29. The molecule has 0 aliphatic carbocycles. The molecule has 0 saturated carbocycles. The van der Waals surface area contributed by atoms with E-state index in [0.29, 0.717) is 0 Å². The number of nitrogens with two attached hydrogens (primary N) is 1. The molecule has 1 unspecified atom stereocenters. The van der Waals surface area contributed by atoms with Crippen molar-refractivity contribution < 1.29 is 0 Å². The number of likely N-dealkylation sites (N-methyl/N-ethyl adjacent to an activating group) is 1. The second-order valence-electron chi connectivity index (χ2n) is 5.24. The Morgan fingerprint density at radius 2 is 1.58 bits per heavy atom. The van der Waals surface area contributed by atoms with Crippen LogP contribution in [0.1, 0.15) is 22.7 Å². The first-order valence-electron chi connectivity index (χ1n) is 6.66. The summed E-state index contributed by atoms with van der Waals surface area (Å²) in [4.78, 5) is 2.20. The third-order valence-electron chi connectivity index (χ3n) is 3.34. The fourth-order valence-corrected chi connectivity index (χ4v) is 2.41. The van der Waals surface area contributed by atoms with E-state index in [1.165, 1.54) is 22.4 Å². The summed E-state index contributed by atoms with van der Waals surface area (Å²) in [5.74, 6) is 0. The van der Waals surface area contributed by atoms with Crippen molar-refractivity contribution in [2.75, 3.05) is 18.5 Å². The van der Waals surface area contributed by atoms with Crippen molar-refractivity contribution in [3.63, 3.8) is 0 Å². The average molecular weight is 254 g/mol. The van der Waals surface area contributed by atoms with Gasteiger partial charge in [0.15, 0.2) is 0 Å². The van der Waals surface area contributed by atoms with Crippen molar-refractivity contribution in [1.29, 1.82) is 0 Å². The molecule has 0 aromatic heterocycles. The van der Waals surface area contributed by atoms with Crippen molar-refractivity contribution in [2.45, 2.75) is 19.9 Å². The number of nitrogens with zero attached hydrogens (tertiary/aromatic N) is 1. The highest BCUT2D eigenvalue weighted by Gasteiger charge is 2.10. The van der Waals surface area contributed by atoms with Crippen LogP contribution in [0.25, 0.3) is 0 Å². The Bertz CT molecular complexity index is 514. The molecule has 2 aromatic rings. The number of benzene rings is 2. The molecule has 2 aromatic carbocycles. The average Bonchev–Trinajstić information content (AvgIpc) is 2.38. The van der Waals surface area contributed by atoms with E-state index >= 15 is 0 Å². The van der Waals surface area contributed by atoms with E-state index in [9.17, 15) is 0 Å². The Labute approximate surface area is 115 Å². The minimum absolute atomic E-state index is 0.0313. The van der Waals surface area contributed by atoms with Crippen LogP contribution in [-0.4, -0.2) is 13.6 Å². The van der Waals surface area contributed by atoms with Gasteiger partial charge in [0, 0.05) is 25.3 Å². The summed E-state index contributed by atoms with van der Waals surface area (Å²) in [5, 5.41) is 0. The van der Waals surface area contributed by atoms with Gasteiger partial charge in [-0.15, -0.1) is 0 Å². The molecule has 0 spiro atoms. The standard InChI is InChI=1S/C17H22N2/c1-13-9-14(2)11-15(10-13)17(18)12-19(3)16-7-5-4-6-8-16/h4-11,17H,12,18H2,1-3H3. The Balaban J connectivity index is 2.10. The van der Waals surface area contributed by atoms with E-state index in [0.717, 1.165) is 6.54 Å². The molecule has 0 amide bonds. The summed E-state index contributed by atoms with van der Waals surface area (Å²) >= 11 is 0. The zero-order chi connectivity index (χ0) is 13.8. The fraction of sp³-hybridized carbons (Fsp3) is 0.294. The van der Waals surface area contributed by atoms with Gasteiger partial charge in [-0.1, -0.05) is 47.5 Å². The van der Waals surface area contributed by atoms with Crippen molar-refractivity contribution in [2.24, 2.45) is 5.73 Å². The Hall–Kier alpha value is -1.80. The summed E-state index contributed by atoms with van der Waals surface area (Å²) in [6.45, 7) is 5.04. The van der Waals surface area contributed by atoms with E-state index in [4.69, 9.17) is 5.73 Å². The van der Waals surface area contributed by atoms with E-state index in [2.05, 4.69) is 56.1 Å². The van der Waals surface area contributed by atoms with E-state index in [1.54, 1.807) is 0 Å². The van der Waals surface area contributed by atoms with E-state index < -0.39 is 0 Å². The van der Waals surface area contributed by atoms with Gasteiger partial charge in [0.2, 0.25) is 0 Å². The Kier molecular flexibility index (Phi) is 4.23. The molecule has 2 nitrogen and oxygen atoms in total. The van der Waals surface area contributed by atoms with Crippen LogP contribution in [0.2, 0.25) is 0 Å². The molecular weight excluding hydrogens is 232 g/mol. The third-order valence-corrected chi connectivity index (χ3v) is 3.34. The molecule has 0 fully saturated rings. The van der Waals surface area contributed by atoms with Gasteiger partial charge < -0.3 is 10.6 Å². The summed E-state index contributed by atoms with van der Waals surface area (Å²) in [5.41, 5.74) is 11.3. The van der Waals surface area contributed by atoms with Gasteiger partial charge in [0.1, 0.15) is 0 Å². The number of para-hydroxylation sites is 1. The fourth-order valence-electron chi connectivity index (χ4n) is 2.41. The van der Waals surface area contributed by atoms with Gasteiger partial charge in [-0.05, 0) is 31.5 Å². The molecule has 0 heterocycles. The van der Waals surface area contributed by atoms with Crippen LogP contribution in [0.15, 0.2) is 48.5 Å². The topological polar surface area (TPSA) is 29.3 Å². The van der Waals surface area contributed by atoms with Crippen molar-refractivity contribution >= 4 is 5.69 Å². The predicted octanol–water partition coefficient (Wildman–Crippen LogP) is 3.44. The minimum Gasteiger partial charge on any atom is -0.373 e. The maximum Gasteiger partial charge on any atom is 0.0473 e. The lowest BCUT2D eigenvalue weighted by Gasteiger charge is -2.24. The molecule has 0 radical (unpaired) electrons. The number of aryl methyl sites for hydroxylation is 2. The number of anilines is 1. The number of hydrogen-bond acceptors (Lipinski definition) is 2. The SMILES string of the molecule is Cc1cc(C)cc(C(N)CN(C)c2ccccc2)c1. The predicted molar refractivity (Wildman–Crippen MR) is 82.6 cm³/mol. The highest BCUT2D eigenvalue weighted by atomic mass is 15.1. The molecule has 2 heteroatoms. The second-order valence-corrected chi connectivity index (χ2v) is 5.24. The van der Waals surface area contributed by atoms with Crippen LogP contribution in [0, 0.1) is 13.8 Å². The van der Waals surface area contributed by atoms with Gasteiger partial charge in [-0.25, -0.2) is 0 Å². The molecule has 1 atom stereocenters. The lowest BCUT2D eigenvalue weighted by molar-refractivity contribution is 0.702. The van der Waals surface area contributed by atoms with Crippen molar-refractivity contribution in [1.82, 2.24) is 0 Å². The van der Waals surface area contributed by atoms with Gasteiger partial charge in [0.25, 0.3) is 0 Å². The maximum absolute atomic E-state index is 6.33. The van der Waals surface area contributed by atoms with Crippen LogP contribution in [-0.2, 0) is 0 Å². The first-order chi connectivity index (χ1) is 9.06. The largest absolute Gasteiger partial charge is 0.373 e. The van der Waals surface area contributed by atoms with Gasteiger partial charge >= 0.3 is 0 Å². The highest BCUT2D eigenvalue weighted by Crippen LogP contribution is 2.19. The highest BCUT2D eigenvalue weighted by molar-refractivity contribution is 5.45. The van der Waals surface area contributed by atoms with Crippen molar-refractivity contribution in [3.05, 3.63) is 65.2 Å². The second kappa shape index (κ2) is 5.89.